The van der Waals surface area contributed by atoms with E-state index in [2.05, 4.69) is 9.71 Å². The van der Waals surface area contributed by atoms with Gasteiger partial charge >= 0.3 is 5.97 Å². The zero-order valence-electron chi connectivity index (χ0n) is 13.0. The third kappa shape index (κ3) is 4.64. The van der Waals surface area contributed by atoms with E-state index in [0.717, 1.165) is 5.56 Å². The lowest BCUT2D eigenvalue weighted by atomic mass is 10.2. The Morgan fingerprint density at radius 2 is 2.00 bits per heavy atom. The van der Waals surface area contributed by atoms with Crippen molar-refractivity contribution in [2.45, 2.75) is 25.3 Å². The Morgan fingerprint density at radius 3 is 2.65 bits per heavy atom. The monoisotopic (exact) mass is 337 g/mol. The van der Waals surface area contributed by atoms with Crippen LogP contribution in [0.2, 0.25) is 0 Å². The molecule has 2 rings (SSSR count). The second kappa shape index (κ2) is 7.38. The highest BCUT2D eigenvalue weighted by atomic mass is 32.2. The van der Waals surface area contributed by atoms with Gasteiger partial charge in [0.2, 0.25) is 10.0 Å². The molecule has 1 aromatic heterocycles. The van der Waals surface area contributed by atoms with Crippen molar-refractivity contribution in [3.63, 3.8) is 0 Å². The van der Waals surface area contributed by atoms with E-state index in [0.29, 0.717) is 6.54 Å². The molecule has 7 nitrogen and oxygen atoms in total. The molecular formula is C15H19N3O4S. The minimum atomic E-state index is -3.54. The number of esters is 1. The van der Waals surface area contributed by atoms with Crippen molar-refractivity contribution in [3.8, 4) is 0 Å². The Labute approximate surface area is 135 Å². The Hall–Kier alpha value is -2.19. The Balaban J connectivity index is 1.92. The topological polar surface area (TPSA) is 90.3 Å². The van der Waals surface area contributed by atoms with Crippen LogP contribution in [0.15, 0.2) is 41.7 Å². The fourth-order valence-electron chi connectivity index (χ4n) is 1.90. The maximum atomic E-state index is 12.1. The number of nitrogens with one attached hydrogen (secondary N) is 1. The van der Waals surface area contributed by atoms with Crippen molar-refractivity contribution in [1.82, 2.24) is 14.3 Å². The maximum Gasteiger partial charge on any atom is 0.358 e. The Kier molecular flexibility index (Phi) is 5.51. The van der Waals surface area contributed by atoms with Crippen LogP contribution in [-0.2, 0) is 21.3 Å². The molecule has 0 unspecified atom stereocenters. The number of aromatic nitrogens is 2. The normalized spacial score (nSPS) is 11.4. The van der Waals surface area contributed by atoms with Crippen molar-refractivity contribution < 1.29 is 17.9 Å². The van der Waals surface area contributed by atoms with Gasteiger partial charge in [0.25, 0.3) is 0 Å². The van der Waals surface area contributed by atoms with Gasteiger partial charge in [0, 0.05) is 19.3 Å². The number of carbonyl (C=O) groups is 1. The molecule has 0 fully saturated rings. The summed E-state index contributed by atoms with van der Waals surface area (Å²) in [6.07, 6.45) is 2.99. The lowest BCUT2D eigenvalue weighted by Gasteiger charge is -2.07. The number of ether oxygens (including phenoxy) is 1. The van der Waals surface area contributed by atoms with E-state index in [1.165, 1.54) is 12.5 Å². The van der Waals surface area contributed by atoms with Crippen LogP contribution in [0.1, 0.15) is 23.0 Å². The number of imidazole rings is 1. The number of carbonyl (C=O) groups excluding carboxylic acids is 1. The quantitative estimate of drug-likeness (QED) is 0.770. The second-order valence-corrected chi connectivity index (χ2v) is 6.69. The van der Waals surface area contributed by atoms with Crippen LogP contribution >= 0.6 is 0 Å². The molecule has 1 heterocycles. The molecule has 1 aromatic carbocycles. The molecule has 2 aromatic rings. The number of hydrogen-bond donors (Lipinski definition) is 1. The van der Waals surface area contributed by atoms with Gasteiger partial charge in [0.05, 0.1) is 17.8 Å². The van der Waals surface area contributed by atoms with Crippen molar-refractivity contribution in [3.05, 3.63) is 48.0 Å². The zero-order chi connectivity index (χ0) is 16.9. The van der Waals surface area contributed by atoms with Gasteiger partial charge in [0.1, 0.15) is 0 Å². The predicted molar refractivity (Wildman–Crippen MR) is 84.6 cm³/mol. The third-order valence-electron chi connectivity index (χ3n) is 3.11. The number of sulfonamides is 1. The molecule has 1 N–H and O–H groups in total. The Bertz CT molecular complexity index is 766. The molecule has 124 valence electrons. The fraction of sp³-hybridized carbons (Fsp3) is 0.333. The van der Waals surface area contributed by atoms with Crippen LogP contribution in [0, 0.1) is 6.92 Å². The summed E-state index contributed by atoms with van der Waals surface area (Å²) >= 11 is 0. The Morgan fingerprint density at radius 1 is 1.30 bits per heavy atom. The number of nitrogens with zero attached hydrogens (tertiary/aromatic N) is 2. The summed E-state index contributed by atoms with van der Waals surface area (Å²) in [7, 11) is -3.54. The van der Waals surface area contributed by atoms with E-state index in [9.17, 15) is 13.2 Å². The van der Waals surface area contributed by atoms with Gasteiger partial charge in [-0.15, -0.1) is 0 Å². The lowest BCUT2D eigenvalue weighted by molar-refractivity contribution is 0.0520. The smallest absolute Gasteiger partial charge is 0.358 e. The van der Waals surface area contributed by atoms with Crippen LogP contribution in [0.4, 0.5) is 0 Å². The molecule has 0 atom stereocenters. The van der Waals surface area contributed by atoms with Crippen molar-refractivity contribution in [1.29, 1.82) is 0 Å². The number of benzene rings is 1. The van der Waals surface area contributed by atoms with Gasteiger partial charge in [-0.05, 0) is 26.0 Å². The first kappa shape index (κ1) is 17.2. The molecule has 8 heteroatoms. The average molecular weight is 337 g/mol. The van der Waals surface area contributed by atoms with Gasteiger partial charge in [-0.3, -0.25) is 0 Å². The van der Waals surface area contributed by atoms with Crippen molar-refractivity contribution in [2.75, 3.05) is 13.2 Å². The molecule has 0 saturated carbocycles. The summed E-state index contributed by atoms with van der Waals surface area (Å²) in [4.78, 5) is 15.6. The van der Waals surface area contributed by atoms with E-state index in [1.807, 2.05) is 6.92 Å². The van der Waals surface area contributed by atoms with Crippen molar-refractivity contribution in [2.24, 2.45) is 0 Å². The summed E-state index contributed by atoms with van der Waals surface area (Å²) < 4.78 is 33.2. The molecule has 0 bridgehead atoms. The summed E-state index contributed by atoms with van der Waals surface area (Å²) in [5.74, 6) is -0.494. The number of rotatable bonds is 7. The zero-order valence-corrected chi connectivity index (χ0v) is 13.8. The summed E-state index contributed by atoms with van der Waals surface area (Å²) in [5, 5.41) is 0. The highest BCUT2D eigenvalue weighted by molar-refractivity contribution is 7.89. The van der Waals surface area contributed by atoms with E-state index in [4.69, 9.17) is 4.74 Å². The molecule has 0 aliphatic rings. The molecule has 23 heavy (non-hydrogen) atoms. The van der Waals surface area contributed by atoms with Gasteiger partial charge < -0.3 is 9.30 Å². The van der Waals surface area contributed by atoms with Gasteiger partial charge in [-0.25, -0.2) is 22.9 Å². The minimum Gasteiger partial charge on any atom is -0.461 e. The first-order valence-corrected chi connectivity index (χ1v) is 8.66. The van der Waals surface area contributed by atoms with E-state index in [-0.39, 0.29) is 23.7 Å². The van der Waals surface area contributed by atoms with E-state index < -0.39 is 16.0 Å². The van der Waals surface area contributed by atoms with Gasteiger partial charge in [-0.2, -0.15) is 0 Å². The largest absolute Gasteiger partial charge is 0.461 e. The van der Waals surface area contributed by atoms with Crippen LogP contribution in [0.25, 0.3) is 0 Å². The number of aryl methyl sites for hydroxylation is 1. The maximum absolute atomic E-state index is 12.1. The first-order chi connectivity index (χ1) is 10.9. The van der Waals surface area contributed by atoms with Crippen LogP contribution < -0.4 is 4.72 Å². The number of hydrogen-bond acceptors (Lipinski definition) is 5. The van der Waals surface area contributed by atoms with Gasteiger partial charge in [0.15, 0.2) is 5.69 Å². The molecule has 0 saturated heterocycles. The van der Waals surface area contributed by atoms with E-state index in [1.54, 1.807) is 35.8 Å². The fourth-order valence-corrected chi connectivity index (χ4v) is 2.92. The SMILES string of the molecule is CCOC(=O)c1cn(CCNS(=O)(=O)c2ccc(C)cc2)cn1. The van der Waals surface area contributed by atoms with Gasteiger partial charge in [-0.1, -0.05) is 17.7 Å². The average Bonchev–Trinajstić information content (AvgIpc) is 2.97. The molecule has 0 aliphatic heterocycles. The van der Waals surface area contributed by atoms with Crippen molar-refractivity contribution >= 4 is 16.0 Å². The van der Waals surface area contributed by atoms with Crippen LogP contribution in [0.5, 0.6) is 0 Å². The predicted octanol–water partition coefficient (Wildman–Crippen LogP) is 1.35. The minimum absolute atomic E-state index is 0.189. The summed E-state index contributed by atoms with van der Waals surface area (Å²) in [5.41, 5.74) is 1.20. The molecular weight excluding hydrogens is 318 g/mol. The summed E-state index contributed by atoms with van der Waals surface area (Å²) in [6.45, 7) is 4.44. The highest BCUT2D eigenvalue weighted by Crippen LogP contribution is 2.09. The molecule has 0 spiro atoms. The summed E-state index contributed by atoms with van der Waals surface area (Å²) in [6, 6.07) is 6.62. The van der Waals surface area contributed by atoms with Crippen LogP contribution in [-0.4, -0.2) is 37.1 Å². The third-order valence-corrected chi connectivity index (χ3v) is 4.59. The highest BCUT2D eigenvalue weighted by Gasteiger charge is 2.13. The standard InChI is InChI=1S/C15H19N3O4S/c1-3-22-15(19)14-10-18(11-16-14)9-8-17-23(20,21)13-6-4-12(2)5-7-13/h4-7,10-11,17H,3,8-9H2,1-2H3. The lowest BCUT2D eigenvalue weighted by Crippen LogP contribution is -2.27. The van der Waals surface area contributed by atoms with E-state index >= 15 is 0 Å². The molecule has 0 amide bonds. The second-order valence-electron chi connectivity index (χ2n) is 4.93. The molecule has 0 radical (unpaired) electrons. The molecule has 0 aliphatic carbocycles. The van der Waals surface area contributed by atoms with Crippen LogP contribution in [0.3, 0.4) is 0 Å². The first-order valence-electron chi connectivity index (χ1n) is 7.17.